The molecule has 0 atom stereocenters. The van der Waals surface area contributed by atoms with Crippen molar-refractivity contribution in [2.75, 3.05) is 9.80 Å². The molecule has 11 rings (SSSR count). The monoisotopic (exact) mass is 943 g/mol. The molecule has 0 aliphatic carbocycles. The van der Waals surface area contributed by atoms with E-state index in [9.17, 15) is 0 Å². The maximum absolute atomic E-state index is 6.60. The van der Waals surface area contributed by atoms with Crippen LogP contribution in [0.1, 0.15) is 26.3 Å². The van der Waals surface area contributed by atoms with Crippen molar-refractivity contribution in [3.63, 3.8) is 0 Å². The van der Waals surface area contributed by atoms with Crippen molar-refractivity contribution in [1.29, 1.82) is 0 Å². The van der Waals surface area contributed by atoms with Crippen molar-refractivity contribution < 1.29 is 25.8 Å². The molecule has 10 aromatic rings. The van der Waals surface area contributed by atoms with Gasteiger partial charge in [-0.15, -0.1) is 48.1 Å². The van der Waals surface area contributed by atoms with Crippen LogP contribution >= 0.6 is 0 Å². The molecular formula is C52H38N5OPt-3. The van der Waals surface area contributed by atoms with Crippen molar-refractivity contribution in [3.8, 4) is 23.0 Å². The molecule has 290 valence electrons. The van der Waals surface area contributed by atoms with E-state index in [1.807, 2.05) is 24.4 Å². The van der Waals surface area contributed by atoms with Gasteiger partial charge in [0.1, 0.15) is 5.82 Å². The van der Waals surface area contributed by atoms with Crippen LogP contribution in [0, 0.1) is 18.8 Å². The van der Waals surface area contributed by atoms with Crippen LogP contribution in [-0.4, -0.2) is 14.1 Å². The summed E-state index contributed by atoms with van der Waals surface area (Å²) < 4.78 is 11.1. The summed E-state index contributed by atoms with van der Waals surface area (Å²) in [4.78, 5) is 9.33. The molecule has 1 aliphatic rings. The predicted molar refractivity (Wildman–Crippen MR) is 237 cm³/mol. The van der Waals surface area contributed by atoms with Gasteiger partial charge in [-0.2, -0.15) is 12.1 Å². The van der Waals surface area contributed by atoms with E-state index in [1.165, 1.54) is 21.9 Å². The normalized spacial score (nSPS) is 12.7. The van der Waals surface area contributed by atoms with Crippen LogP contribution in [0.2, 0.25) is 0 Å². The maximum Gasteiger partial charge on any atom is 0.135 e. The summed E-state index contributed by atoms with van der Waals surface area (Å²) in [6.07, 6.45) is 1.90. The van der Waals surface area contributed by atoms with Gasteiger partial charge >= 0.3 is 0 Å². The van der Waals surface area contributed by atoms with E-state index in [2.05, 4.69) is 204 Å². The number of hydrogen-bond acceptors (Lipinski definition) is 4. The average Bonchev–Trinajstić information content (AvgIpc) is 3.92. The summed E-state index contributed by atoms with van der Waals surface area (Å²) >= 11 is 0. The zero-order valence-electron chi connectivity index (χ0n) is 32.7. The third-order valence-electron chi connectivity index (χ3n) is 11.2. The smallest absolute Gasteiger partial charge is 0.135 e. The van der Waals surface area contributed by atoms with Gasteiger partial charge in [-0.25, -0.2) is 4.98 Å². The largest absolute Gasteiger partial charge is 0.509 e. The Hall–Kier alpha value is -6.62. The van der Waals surface area contributed by atoms with Crippen molar-refractivity contribution in [2.45, 2.75) is 26.2 Å². The first-order chi connectivity index (χ1) is 28.4. The van der Waals surface area contributed by atoms with Crippen molar-refractivity contribution in [2.24, 2.45) is 0 Å². The van der Waals surface area contributed by atoms with E-state index < -0.39 is 0 Å². The number of pyridine rings is 1. The molecule has 6 nitrogen and oxygen atoms in total. The molecule has 0 fully saturated rings. The Bertz CT molecular complexity index is 3200. The molecule has 0 amide bonds. The molecule has 0 bridgehead atoms. The third kappa shape index (κ3) is 6.09. The fraction of sp³-hybridized carbons (Fsp3) is 0.0769. The standard InChI is InChI=1S/C52H38N5O.Pt/c1-52(2,3)35-29-30-53-50(31-35)57-43-21-9-7-19-40(43)41-28-27-39(33-49(41)57)58-38-18-13-17-37(32-38)54-34-55(46-24-12-11-23-45(46)54)47-25-14-26-48-51(47)42-20-8-10-22-44(42)56(48)36-15-5-4-6-16-36;/h4-31,34H,1-3H3;/q-3;. The minimum Gasteiger partial charge on any atom is -0.509 e. The van der Waals surface area contributed by atoms with Crippen LogP contribution in [0.4, 0.5) is 22.7 Å². The minimum absolute atomic E-state index is 0. The van der Waals surface area contributed by atoms with E-state index in [4.69, 9.17) is 9.72 Å². The number of ether oxygens (including phenoxy) is 1. The summed E-state index contributed by atoms with van der Waals surface area (Å²) in [6.45, 7) is 8.84. The van der Waals surface area contributed by atoms with Crippen LogP contribution in [0.5, 0.6) is 11.5 Å². The van der Waals surface area contributed by atoms with Crippen LogP contribution in [-0.2, 0) is 26.5 Å². The quantitative estimate of drug-likeness (QED) is 0.156. The van der Waals surface area contributed by atoms with Gasteiger partial charge in [0.15, 0.2) is 0 Å². The Balaban J connectivity index is 0.00000420. The van der Waals surface area contributed by atoms with Gasteiger partial charge in [0, 0.05) is 77.8 Å². The molecule has 0 saturated heterocycles. The zero-order valence-corrected chi connectivity index (χ0v) is 35.0. The Labute approximate surface area is 357 Å². The first-order valence-corrected chi connectivity index (χ1v) is 19.6. The number of fused-ring (bicyclic) bond motifs is 7. The molecule has 0 radical (unpaired) electrons. The van der Waals surface area contributed by atoms with Crippen molar-refractivity contribution in [3.05, 3.63) is 194 Å². The maximum atomic E-state index is 6.60. The van der Waals surface area contributed by atoms with Crippen molar-refractivity contribution >= 4 is 66.4 Å². The second kappa shape index (κ2) is 14.3. The molecule has 1 aliphatic heterocycles. The molecule has 0 N–H and O–H groups in total. The average molecular weight is 944 g/mol. The van der Waals surface area contributed by atoms with Gasteiger partial charge < -0.3 is 23.7 Å². The van der Waals surface area contributed by atoms with Crippen LogP contribution in [0.15, 0.2) is 170 Å². The van der Waals surface area contributed by atoms with Gasteiger partial charge in [-0.3, -0.25) is 0 Å². The number of anilines is 4. The van der Waals surface area contributed by atoms with E-state index in [0.717, 1.165) is 61.6 Å². The van der Waals surface area contributed by atoms with Crippen LogP contribution in [0.3, 0.4) is 0 Å². The summed E-state index contributed by atoms with van der Waals surface area (Å²) in [7, 11) is 0. The number of benzene rings is 7. The number of rotatable bonds is 6. The number of nitrogens with zero attached hydrogens (tertiary/aromatic N) is 5. The van der Waals surface area contributed by atoms with E-state index in [0.29, 0.717) is 11.5 Å². The summed E-state index contributed by atoms with van der Waals surface area (Å²) in [6, 6.07) is 64.4. The number of para-hydroxylation sites is 5. The number of hydrogen-bond donors (Lipinski definition) is 0. The zero-order chi connectivity index (χ0) is 39.0. The van der Waals surface area contributed by atoms with Crippen LogP contribution < -0.4 is 14.5 Å². The predicted octanol–water partition coefficient (Wildman–Crippen LogP) is 13.4. The van der Waals surface area contributed by atoms with E-state index >= 15 is 0 Å². The summed E-state index contributed by atoms with van der Waals surface area (Å²) in [5, 5.41) is 4.63. The fourth-order valence-electron chi connectivity index (χ4n) is 8.49. The Morgan fingerprint density at radius 3 is 1.98 bits per heavy atom. The Kier molecular flexibility index (Phi) is 8.92. The molecular weight excluding hydrogens is 906 g/mol. The van der Waals surface area contributed by atoms with Gasteiger partial charge in [-0.05, 0) is 77.0 Å². The molecule has 59 heavy (non-hydrogen) atoms. The summed E-state index contributed by atoms with van der Waals surface area (Å²) in [5.41, 5.74) is 10.8. The van der Waals surface area contributed by atoms with Gasteiger partial charge in [0.05, 0.1) is 11.0 Å². The second-order valence-electron chi connectivity index (χ2n) is 15.8. The molecule has 0 unspecified atom stereocenters. The van der Waals surface area contributed by atoms with Gasteiger partial charge in [-0.1, -0.05) is 99.1 Å². The molecule has 7 aromatic carbocycles. The SMILES string of the molecule is CC(C)(C)c1ccnc(-n2c3[c-]c(Oc4[c-]c(N5[CH-]N(c6cccc7c6c6ccccc6n7-c6ccccc6)c6ccccc65)ccc4)ccc3c3ccccc32)c1.[Pt]. The van der Waals surface area contributed by atoms with Gasteiger partial charge in [0.25, 0.3) is 0 Å². The van der Waals surface area contributed by atoms with Crippen molar-refractivity contribution in [1.82, 2.24) is 14.1 Å². The topological polar surface area (TPSA) is 38.5 Å². The van der Waals surface area contributed by atoms with Gasteiger partial charge in [0.2, 0.25) is 0 Å². The van der Waals surface area contributed by atoms with E-state index in [-0.39, 0.29) is 26.5 Å². The third-order valence-corrected chi connectivity index (χ3v) is 11.2. The molecule has 3 aromatic heterocycles. The first-order valence-electron chi connectivity index (χ1n) is 19.6. The Morgan fingerprint density at radius 2 is 1.19 bits per heavy atom. The first kappa shape index (κ1) is 36.7. The number of aromatic nitrogens is 3. The summed E-state index contributed by atoms with van der Waals surface area (Å²) in [5.74, 6) is 2.06. The van der Waals surface area contributed by atoms with Crippen LogP contribution in [0.25, 0.3) is 55.1 Å². The Morgan fingerprint density at radius 1 is 0.542 bits per heavy atom. The minimum atomic E-state index is -0.0181. The molecule has 0 spiro atoms. The second-order valence-corrected chi connectivity index (χ2v) is 15.8. The van der Waals surface area contributed by atoms with E-state index in [1.54, 1.807) is 0 Å². The molecule has 0 saturated carbocycles. The fourth-order valence-corrected chi connectivity index (χ4v) is 8.49. The molecule has 4 heterocycles. The molecule has 7 heteroatoms.